The van der Waals surface area contributed by atoms with Gasteiger partial charge in [-0.15, -0.1) is 0 Å². The number of rotatable bonds is 49. The van der Waals surface area contributed by atoms with Gasteiger partial charge in [-0.25, -0.2) is 0 Å². The number of carbonyl (C=O) groups excluding carboxylic acids is 3. The van der Waals surface area contributed by atoms with Crippen molar-refractivity contribution < 1.29 is 28.6 Å². The molecule has 0 heterocycles. The molecule has 0 aromatic rings. The quantitative estimate of drug-likeness (QED) is 0.0199. The molecule has 0 spiro atoms. The van der Waals surface area contributed by atoms with Crippen LogP contribution in [0.1, 0.15) is 258 Å². The largest absolute Gasteiger partial charge is 0.462 e. The molecule has 0 aliphatic carbocycles. The van der Waals surface area contributed by atoms with Crippen LogP contribution in [-0.4, -0.2) is 37.2 Å². The summed E-state index contributed by atoms with van der Waals surface area (Å²) in [6, 6.07) is 0. The van der Waals surface area contributed by atoms with E-state index in [4.69, 9.17) is 14.2 Å². The molecular formula is C60H102O6. The highest BCUT2D eigenvalue weighted by molar-refractivity contribution is 5.71. The maximum Gasteiger partial charge on any atom is 0.306 e. The lowest BCUT2D eigenvalue weighted by atomic mass is 10.1. The Labute approximate surface area is 407 Å². The van der Waals surface area contributed by atoms with Gasteiger partial charge >= 0.3 is 17.9 Å². The maximum absolute atomic E-state index is 12.8. The van der Waals surface area contributed by atoms with Gasteiger partial charge in [-0.2, -0.15) is 0 Å². The van der Waals surface area contributed by atoms with Gasteiger partial charge in [-0.1, -0.05) is 234 Å². The Morgan fingerprint density at radius 2 is 0.606 bits per heavy atom. The van der Waals surface area contributed by atoms with Crippen molar-refractivity contribution in [1.82, 2.24) is 0 Å². The van der Waals surface area contributed by atoms with E-state index in [1.165, 1.54) is 135 Å². The first-order valence-corrected chi connectivity index (χ1v) is 27.7. The Morgan fingerprint density at radius 3 is 1.00 bits per heavy atom. The van der Waals surface area contributed by atoms with Gasteiger partial charge in [0, 0.05) is 19.3 Å². The van der Waals surface area contributed by atoms with Gasteiger partial charge in [0.2, 0.25) is 0 Å². The Balaban J connectivity index is 4.45. The first kappa shape index (κ1) is 62.6. The second kappa shape index (κ2) is 54.2. The summed E-state index contributed by atoms with van der Waals surface area (Å²) in [7, 11) is 0. The molecule has 0 rings (SSSR count). The molecule has 1 unspecified atom stereocenters. The molecule has 0 saturated carbocycles. The maximum atomic E-state index is 12.8. The molecule has 6 heteroatoms. The van der Waals surface area contributed by atoms with E-state index in [1.54, 1.807) is 0 Å². The third-order valence-corrected chi connectivity index (χ3v) is 11.7. The van der Waals surface area contributed by atoms with Crippen molar-refractivity contribution in [1.29, 1.82) is 0 Å². The Hall–Kier alpha value is -3.41. The zero-order valence-corrected chi connectivity index (χ0v) is 43.2. The molecule has 0 aromatic carbocycles. The van der Waals surface area contributed by atoms with Gasteiger partial charge in [-0.3, -0.25) is 14.4 Å². The number of esters is 3. The number of unbranched alkanes of at least 4 members (excludes halogenated alkanes) is 28. The minimum atomic E-state index is -0.808. The SMILES string of the molecule is CC\C=C/C=C\C=C/C=C\CCCCCC(=O)OCC(COC(=O)CCCCCCCCC/C=C\CCCCCCCCCC)OC(=O)CCCCC/C=C\C=C/CCCCCCCCC. The summed E-state index contributed by atoms with van der Waals surface area (Å²) < 4.78 is 16.8. The highest BCUT2D eigenvalue weighted by Crippen LogP contribution is 2.14. The van der Waals surface area contributed by atoms with E-state index < -0.39 is 6.10 Å². The predicted molar refractivity (Wildman–Crippen MR) is 284 cm³/mol. The van der Waals surface area contributed by atoms with Crippen molar-refractivity contribution in [2.24, 2.45) is 0 Å². The van der Waals surface area contributed by atoms with E-state index >= 15 is 0 Å². The number of carbonyl (C=O) groups is 3. The van der Waals surface area contributed by atoms with E-state index in [1.807, 2.05) is 36.5 Å². The van der Waals surface area contributed by atoms with E-state index in [2.05, 4.69) is 69.4 Å². The second-order valence-corrected chi connectivity index (χ2v) is 18.2. The minimum Gasteiger partial charge on any atom is -0.462 e. The standard InChI is InChI=1S/C60H102O6/c1-4-7-10-13-16-19-22-25-27-29-30-31-33-35-38-41-44-47-50-53-59(62)65-56-57(55-64-58(61)52-49-46-43-40-37-34-24-21-18-15-12-9-6-3)66-60(63)54-51-48-45-42-39-36-32-28-26-23-20-17-14-11-8-5-2/h9,12,15,18,21,24,28-30,32,34,36-37,39,57H,4-8,10-11,13-14,16-17,19-20,22-23,25-27,31,33,35,38,40-56H2,1-3H3/b12-9-,18-15-,24-21-,30-29-,32-28-,37-34-,39-36-. The summed E-state index contributed by atoms with van der Waals surface area (Å²) in [5.41, 5.74) is 0. The third kappa shape index (κ3) is 51.6. The number of allylic oxidation sites excluding steroid dienone is 14. The van der Waals surface area contributed by atoms with Crippen LogP contribution in [0.4, 0.5) is 0 Å². The first-order chi connectivity index (χ1) is 32.5. The van der Waals surface area contributed by atoms with Crippen LogP contribution in [-0.2, 0) is 28.6 Å². The molecule has 0 aliphatic rings. The number of hydrogen-bond donors (Lipinski definition) is 0. The van der Waals surface area contributed by atoms with Gasteiger partial charge < -0.3 is 14.2 Å². The zero-order chi connectivity index (χ0) is 47.9. The molecule has 0 N–H and O–H groups in total. The zero-order valence-electron chi connectivity index (χ0n) is 43.2. The molecule has 0 bridgehead atoms. The average molecular weight is 919 g/mol. The van der Waals surface area contributed by atoms with Gasteiger partial charge in [0.1, 0.15) is 13.2 Å². The van der Waals surface area contributed by atoms with Crippen molar-refractivity contribution in [3.63, 3.8) is 0 Å². The molecular weight excluding hydrogens is 817 g/mol. The molecule has 0 aromatic heterocycles. The summed E-state index contributed by atoms with van der Waals surface area (Å²) in [6.07, 6.45) is 70.0. The fourth-order valence-corrected chi connectivity index (χ4v) is 7.56. The van der Waals surface area contributed by atoms with E-state index in [9.17, 15) is 14.4 Å². The van der Waals surface area contributed by atoms with Crippen molar-refractivity contribution in [2.75, 3.05) is 13.2 Å². The Morgan fingerprint density at radius 1 is 0.318 bits per heavy atom. The van der Waals surface area contributed by atoms with E-state index in [-0.39, 0.29) is 37.5 Å². The van der Waals surface area contributed by atoms with Gasteiger partial charge in [0.15, 0.2) is 6.10 Å². The lowest BCUT2D eigenvalue weighted by Gasteiger charge is -2.18. The fourth-order valence-electron chi connectivity index (χ4n) is 7.56. The summed E-state index contributed by atoms with van der Waals surface area (Å²) in [5.74, 6) is -0.971. The normalized spacial score (nSPS) is 12.7. The predicted octanol–water partition coefficient (Wildman–Crippen LogP) is 18.4. The summed E-state index contributed by atoms with van der Waals surface area (Å²) in [5, 5.41) is 0. The van der Waals surface area contributed by atoms with Crippen LogP contribution in [0.5, 0.6) is 0 Å². The van der Waals surface area contributed by atoms with Crippen LogP contribution in [0.25, 0.3) is 0 Å². The van der Waals surface area contributed by atoms with Crippen molar-refractivity contribution in [3.05, 3.63) is 85.1 Å². The van der Waals surface area contributed by atoms with Crippen LogP contribution in [0, 0.1) is 0 Å². The highest BCUT2D eigenvalue weighted by atomic mass is 16.6. The van der Waals surface area contributed by atoms with E-state index in [0.717, 1.165) is 83.5 Å². The minimum absolute atomic E-state index is 0.102. The fraction of sp³-hybridized carbons (Fsp3) is 0.717. The monoisotopic (exact) mass is 919 g/mol. The van der Waals surface area contributed by atoms with Crippen LogP contribution >= 0.6 is 0 Å². The number of hydrogen-bond acceptors (Lipinski definition) is 6. The molecule has 0 radical (unpaired) electrons. The van der Waals surface area contributed by atoms with Crippen LogP contribution in [0.3, 0.4) is 0 Å². The van der Waals surface area contributed by atoms with Crippen molar-refractivity contribution >= 4 is 17.9 Å². The lowest BCUT2D eigenvalue weighted by Crippen LogP contribution is -2.30. The van der Waals surface area contributed by atoms with E-state index in [0.29, 0.717) is 12.8 Å². The summed E-state index contributed by atoms with van der Waals surface area (Å²) in [6.45, 7) is 6.44. The van der Waals surface area contributed by atoms with Crippen LogP contribution < -0.4 is 0 Å². The number of ether oxygens (including phenoxy) is 3. The molecule has 0 amide bonds. The lowest BCUT2D eigenvalue weighted by molar-refractivity contribution is -0.167. The molecule has 1 atom stereocenters. The topological polar surface area (TPSA) is 78.9 Å². The van der Waals surface area contributed by atoms with Crippen molar-refractivity contribution in [2.45, 2.75) is 264 Å². The molecule has 0 aliphatic heterocycles. The third-order valence-electron chi connectivity index (χ3n) is 11.7. The van der Waals surface area contributed by atoms with Gasteiger partial charge in [0.25, 0.3) is 0 Å². The molecule has 0 fully saturated rings. The van der Waals surface area contributed by atoms with Gasteiger partial charge in [-0.05, 0) is 89.9 Å². The highest BCUT2D eigenvalue weighted by Gasteiger charge is 2.19. The summed E-state index contributed by atoms with van der Waals surface area (Å²) >= 11 is 0. The smallest absolute Gasteiger partial charge is 0.306 e. The van der Waals surface area contributed by atoms with Crippen LogP contribution in [0.2, 0.25) is 0 Å². The second-order valence-electron chi connectivity index (χ2n) is 18.2. The molecule has 0 saturated heterocycles. The average Bonchev–Trinajstić information content (AvgIpc) is 3.31. The van der Waals surface area contributed by atoms with Crippen LogP contribution in [0.15, 0.2) is 85.1 Å². The molecule has 378 valence electrons. The Bertz CT molecular complexity index is 1290. The Kier molecular flexibility index (Phi) is 51.4. The van der Waals surface area contributed by atoms with Gasteiger partial charge in [0.05, 0.1) is 0 Å². The molecule has 66 heavy (non-hydrogen) atoms. The first-order valence-electron chi connectivity index (χ1n) is 27.7. The van der Waals surface area contributed by atoms with Crippen molar-refractivity contribution in [3.8, 4) is 0 Å². The summed E-state index contributed by atoms with van der Waals surface area (Å²) in [4.78, 5) is 38.0. The molecule has 6 nitrogen and oxygen atoms in total.